The molecule has 0 spiro atoms. The summed E-state index contributed by atoms with van der Waals surface area (Å²) in [4.78, 5) is 0. The summed E-state index contributed by atoms with van der Waals surface area (Å²) in [6, 6.07) is 13.0. The number of hydrogen-bond donors (Lipinski definition) is 0. The van der Waals surface area contributed by atoms with Crippen LogP contribution in [0.5, 0.6) is 11.5 Å². The highest BCUT2D eigenvalue weighted by molar-refractivity contribution is 5.78. The van der Waals surface area contributed by atoms with Crippen LogP contribution in [0, 0.1) is 6.92 Å². The van der Waals surface area contributed by atoms with Gasteiger partial charge in [-0.05, 0) is 68.7 Å². The van der Waals surface area contributed by atoms with Crippen LogP contribution in [0.1, 0.15) is 102 Å². The van der Waals surface area contributed by atoms with Crippen LogP contribution in [-0.4, -0.2) is 25.8 Å². The highest BCUT2D eigenvalue weighted by Crippen LogP contribution is 2.41. The predicted molar refractivity (Wildman–Crippen MR) is 147 cm³/mol. The summed E-state index contributed by atoms with van der Waals surface area (Å²) in [7, 11) is 0. The van der Waals surface area contributed by atoms with Crippen LogP contribution in [0.3, 0.4) is 0 Å². The zero-order valence-corrected chi connectivity index (χ0v) is 22.6. The van der Waals surface area contributed by atoms with E-state index in [9.17, 15) is 0 Å². The standard InChI is InChI=1S/C32H46O4/c1-3-4-7-14-26-21-30(35-23-33-28-16-8-5-9-17-28)32(27-15-12-13-25(2)20-27)31(22-26)36-24-34-29-18-10-6-11-19-29/h12-13,15,20-22,28-29H,3-11,14,16-19,23-24H2,1-2H3. The molecule has 2 aromatic carbocycles. The van der Waals surface area contributed by atoms with Gasteiger partial charge in [0.25, 0.3) is 0 Å². The summed E-state index contributed by atoms with van der Waals surface area (Å²) in [5.74, 6) is 1.69. The predicted octanol–water partition coefficient (Wildman–Crippen LogP) is 8.77. The Balaban J connectivity index is 1.56. The van der Waals surface area contributed by atoms with Crippen molar-refractivity contribution >= 4 is 0 Å². The van der Waals surface area contributed by atoms with Crippen molar-refractivity contribution in [2.24, 2.45) is 0 Å². The summed E-state index contributed by atoms with van der Waals surface area (Å²) >= 11 is 0. The van der Waals surface area contributed by atoms with Gasteiger partial charge in [0.2, 0.25) is 0 Å². The maximum Gasteiger partial charge on any atom is 0.189 e. The minimum atomic E-state index is 0.278. The second-order valence-corrected chi connectivity index (χ2v) is 10.7. The molecule has 198 valence electrons. The fraction of sp³-hybridized carbons (Fsp3) is 0.625. The molecule has 0 atom stereocenters. The largest absolute Gasteiger partial charge is 0.467 e. The van der Waals surface area contributed by atoms with Crippen molar-refractivity contribution in [1.82, 2.24) is 0 Å². The normalized spacial score (nSPS) is 17.3. The average molecular weight is 495 g/mol. The fourth-order valence-corrected chi connectivity index (χ4v) is 5.53. The van der Waals surface area contributed by atoms with Gasteiger partial charge in [-0.1, -0.05) is 88.1 Å². The van der Waals surface area contributed by atoms with Crippen molar-refractivity contribution in [2.75, 3.05) is 13.6 Å². The first-order valence-electron chi connectivity index (χ1n) is 14.5. The van der Waals surface area contributed by atoms with Gasteiger partial charge in [0.15, 0.2) is 13.6 Å². The van der Waals surface area contributed by atoms with E-state index in [0.29, 0.717) is 12.2 Å². The molecule has 4 nitrogen and oxygen atoms in total. The number of rotatable bonds is 13. The van der Waals surface area contributed by atoms with E-state index in [1.54, 1.807) is 0 Å². The van der Waals surface area contributed by atoms with E-state index in [1.807, 2.05) is 0 Å². The lowest BCUT2D eigenvalue weighted by Gasteiger charge is -2.24. The molecule has 0 amide bonds. The molecular weight excluding hydrogens is 448 g/mol. The lowest BCUT2D eigenvalue weighted by molar-refractivity contribution is -0.0518. The van der Waals surface area contributed by atoms with Gasteiger partial charge in [-0.2, -0.15) is 0 Å². The molecule has 4 heteroatoms. The highest BCUT2D eigenvalue weighted by Gasteiger charge is 2.19. The van der Waals surface area contributed by atoms with Gasteiger partial charge in [0, 0.05) is 0 Å². The van der Waals surface area contributed by atoms with Crippen molar-refractivity contribution in [1.29, 1.82) is 0 Å². The average Bonchev–Trinajstić information content (AvgIpc) is 2.90. The summed E-state index contributed by atoms with van der Waals surface area (Å²) in [6.45, 7) is 4.93. The van der Waals surface area contributed by atoms with Gasteiger partial charge in [-0.3, -0.25) is 0 Å². The molecule has 4 rings (SSSR count). The van der Waals surface area contributed by atoms with E-state index in [4.69, 9.17) is 18.9 Å². The number of unbranched alkanes of at least 4 members (excludes halogenated alkanes) is 2. The number of hydrogen-bond acceptors (Lipinski definition) is 4. The van der Waals surface area contributed by atoms with Gasteiger partial charge in [-0.25, -0.2) is 0 Å². The van der Waals surface area contributed by atoms with Gasteiger partial charge >= 0.3 is 0 Å². The van der Waals surface area contributed by atoms with Crippen LogP contribution in [0.2, 0.25) is 0 Å². The van der Waals surface area contributed by atoms with Gasteiger partial charge in [0.1, 0.15) is 11.5 Å². The molecule has 0 heterocycles. The first-order chi connectivity index (χ1) is 17.7. The van der Waals surface area contributed by atoms with Gasteiger partial charge in [0.05, 0.1) is 17.8 Å². The number of aryl methyl sites for hydroxylation is 2. The van der Waals surface area contributed by atoms with Crippen molar-refractivity contribution < 1.29 is 18.9 Å². The molecule has 0 aliphatic heterocycles. The first kappa shape index (κ1) is 27.0. The first-order valence-corrected chi connectivity index (χ1v) is 14.5. The second-order valence-electron chi connectivity index (χ2n) is 10.7. The Labute approximate surface area is 218 Å². The Hall–Kier alpha value is -2.04. The molecule has 0 saturated heterocycles. The van der Waals surface area contributed by atoms with E-state index < -0.39 is 0 Å². The molecule has 2 aliphatic rings. The third-order valence-electron chi connectivity index (χ3n) is 7.64. The monoisotopic (exact) mass is 494 g/mol. The van der Waals surface area contributed by atoms with E-state index in [2.05, 4.69) is 50.2 Å². The van der Waals surface area contributed by atoms with E-state index in [-0.39, 0.29) is 13.6 Å². The Morgan fingerprint density at radius 2 is 1.31 bits per heavy atom. The minimum Gasteiger partial charge on any atom is -0.467 e. The lowest BCUT2D eigenvalue weighted by Crippen LogP contribution is -2.20. The minimum absolute atomic E-state index is 0.278. The molecule has 2 saturated carbocycles. The topological polar surface area (TPSA) is 36.9 Å². The highest BCUT2D eigenvalue weighted by atomic mass is 16.7. The van der Waals surface area contributed by atoms with Gasteiger partial charge in [-0.15, -0.1) is 0 Å². The molecule has 2 fully saturated rings. The smallest absolute Gasteiger partial charge is 0.189 e. The van der Waals surface area contributed by atoms with Crippen molar-refractivity contribution in [2.45, 2.75) is 116 Å². The second kappa shape index (κ2) is 14.6. The van der Waals surface area contributed by atoms with Crippen LogP contribution < -0.4 is 9.47 Å². The third-order valence-corrected chi connectivity index (χ3v) is 7.64. The lowest BCUT2D eigenvalue weighted by atomic mass is 9.97. The zero-order chi connectivity index (χ0) is 25.0. The molecule has 2 aliphatic carbocycles. The number of benzene rings is 2. The maximum atomic E-state index is 6.38. The molecule has 36 heavy (non-hydrogen) atoms. The summed E-state index contributed by atoms with van der Waals surface area (Å²) in [5.41, 5.74) is 4.57. The molecule has 0 aromatic heterocycles. The van der Waals surface area contributed by atoms with E-state index in [1.165, 1.54) is 62.5 Å². The zero-order valence-electron chi connectivity index (χ0n) is 22.6. The van der Waals surface area contributed by atoms with Crippen molar-refractivity contribution in [3.05, 3.63) is 47.5 Å². The van der Waals surface area contributed by atoms with Crippen LogP contribution in [0.25, 0.3) is 11.1 Å². The Morgan fingerprint density at radius 1 is 0.722 bits per heavy atom. The van der Waals surface area contributed by atoms with E-state index in [0.717, 1.165) is 61.2 Å². The maximum absolute atomic E-state index is 6.38. The fourth-order valence-electron chi connectivity index (χ4n) is 5.53. The third kappa shape index (κ3) is 8.24. The van der Waals surface area contributed by atoms with Crippen LogP contribution in [-0.2, 0) is 15.9 Å². The molecule has 0 radical (unpaired) electrons. The van der Waals surface area contributed by atoms with Gasteiger partial charge < -0.3 is 18.9 Å². The van der Waals surface area contributed by atoms with Crippen molar-refractivity contribution in [3.63, 3.8) is 0 Å². The molecule has 0 unspecified atom stereocenters. The number of ether oxygens (including phenoxy) is 4. The quantitative estimate of drug-likeness (QED) is 0.206. The van der Waals surface area contributed by atoms with Crippen molar-refractivity contribution in [3.8, 4) is 22.6 Å². The molecule has 2 aromatic rings. The SMILES string of the molecule is CCCCCc1cc(OCOC2CCCCC2)c(-c2cccc(C)c2)c(OCOC2CCCCC2)c1. The van der Waals surface area contributed by atoms with Crippen LogP contribution >= 0.6 is 0 Å². The van der Waals surface area contributed by atoms with E-state index >= 15 is 0 Å². The summed E-state index contributed by atoms with van der Waals surface area (Å²) < 4.78 is 25.1. The van der Waals surface area contributed by atoms with Crippen LogP contribution in [0.4, 0.5) is 0 Å². The summed E-state index contributed by atoms with van der Waals surface area (Å²) in [6.07, 6.45) is 17.4. The molecule has 0 bridgehead atoms. The summed E-state index contributed by atoms with van der Waals surface area (Å²) in [5, 5.41) is 0. The Morgan fingerprint density at radius 3 is 1.83 bits per heavy atom. The Kier molecular flexibility index (Phi) is 11.0. The molecular formula is C32H46O4. The van der Waals surface area contributed by atoms with Crippen LogP contribution in [0.15, 0.2) is 36.4 Å². The Bertz CT molecular complexity index is 867. The molecule has 0 N–H and O–H groups in total.